The number of halogens is 3. The second kappa shape index (κ2) is 6.29. The van der Waals surface area contributed by atoms with Crippen molar-refractivity contribution in [2.75, 3.05) is 0 Å². The Morgan fingerprint density at radius 1 is 1.05 bits per heavy atom. The van der Waals surface area contributed by atoms with Crippen LogP contribution in [0.4, 0.5) is 0 Å². The summed E-state index contributed by atoms with van der Waals surface area (Å²) in [6.07, 6.45) is 5.30. The molecule has 2 aromatic heterocycles. The highest BCUT2D eigenvalue weighted by atomic mass is 35.5. The van der Waals surface area contributed by atoms with E-state index in [0.29, 0.717) is 21.6 Å². The molecule has 0 saturated heterocycles. The summed E-state index contributed by atoms with van der Waals surface area (Å²) in [6.45, 7) is 2.51. The summed E-state index contributed by atoms with van der Waals surface area (Å²) >= 11 is 18.3. The summed E-state index contributed by atoms with van der Waals surface area (Å²) in [7, 11) is 0. The van der Waals surface area contributed by atoms with E-state index in [0.717, 1.165) is 22.6 Å². The average Bonchev–Trinajstić information content (AvgIpc) is 2.84. The maximum Gasteiger partial charge on any atom is 0.142 e. The van der Waals surface area contributed by atoms with Crippen LogP contribution in [0.2, 0.25) is 15.1 Å². The lowest BCUT2D eigenvalue weighted by Crippen LogP contribution is -2.02. The Labute approximate surface area is 143 Å². The third kappa shape index (κ3) is 3.27. The molecule has 0 amide bonds. The predicted molar refractivity (Wildman–Crippen MR) is 90.8 cm³/mol. The molecule has 0 unspecified atom stereocenters. The number of hydrogen-bond donors (Lipinski definition) is 0. The summed E-state index contributed by atoms with van der Waals surface area (Å²) in [5.41, 5.74) is 2.70. The summed E-state index contributed by atoms with van der Waals surface area (Å²) in [5.74, 6) is 0.795. The molecule has 112 valence electrons. The van der Waals surface area contributed by atoms with Gasteiger partial charge in [-0.1, -0.05) is 34.8 Å². The Morgan fingerprint density at radius 3 is 2.64 bits per heavy atom. The molecule has 3 aromatic rings. The average molecular weight is 353 g/mol. The standard InChI is InChI=1S/C16H12Cl3N3/c1-10-8-22(9-12-5-13(17)2-3-15(12)19)16(21-10)11-4-14(18)7-20-6-11/h2-8H,9H2,1H3. The minimum atomic E-state index is 0.572. The van der Waals surface area contributed by atoms with Crippen LogP contribution in [-0.2, 0) is 6.54 Å². The van der Waals surface area contributed by atoms with Gasteiger partial charge < -0.3 is 4.57 Å². The molecule has 0 bridgehead atoms. The van der Waals surface area contributed by atoms with E-state index in [4.69, 9.17) is 34.8 Å². The first kappa shape index (κ1) is 15.3. The number of aryl methyl sites for hydroxylation is 1. The fourth-order valence-electron chi connectivity index (χ4n) is 2.28. The molecule has 0 aliphatic rings. The molecule has 1 aromatic carbocycles. The maximum atomic E-state index is 6.25. The zero-order chi connectivity index (χ0) is 15.7. The smallest absolute Gasteiger partial charge is 0.142 e. The van der Waals surface area contributed by atoms with E-state index in [1.165, 1.54) is 0 Å². The molecule has 0 atom stereocenters. The van der Waals surface area contributed by atoms with Crippen molar-refractivity contribution in [3.8, 4) is 11.4 Å². The van der Waals surface area contributed by atoms with Crippen molar-refractivity contribution in [3.05, 3.63) is 69.2 Å². The van der Waals surface area contributed by atoms with E-state index in [2.05, 4.69) is 9.97 Å². The largest absolute Gasteiger partial charge is 0.326 e. The van der Waals surface area contributed by atoms with Crippen molar-refractivity contribution < 1.29 is 0 Å². The van der Waals surface area contributed by atoms with Crippen LogP contribution < -0.4 is 0 Å². The number of aromatic nitrogens is 3. The highest BCUT2D eigenvalue weighted by Crippen LogP contribution is 2.25. The maximum absolute atomic E-state index is 6.25. The van der Waals surface area contributed by atoms with Crippen molar-refractivity contribution >= 4 is 34.8 Å². The van der Waals surface area contributed by atoms with Gasteiger partial charge >= 0.3 is 0 Å². The van der Waals surface area contributed by atoms with Gasteiger partial charge in [0.05, 0.1) is 17.3 Å². The Morgan fingerprint density at radius 2 is 1.86 bits per heavy atom. The van der Waals surface area contributed by atoms with Gasteiger partial charge in [-0.25, -0.2) is 4.98 Å². The van der Waals surface area contributed by atoms with Gasteiger partial charge in [0.25, 0.3) is 0 Å². The van der Waals surface area contributed by atoms with E-state index in [1.807, 2.05) is 29.8 Å². The van der Waals surface area contributed by atoms with Crippen molar-refractivity contribution in [1.29, 1.82) is 0 Å². The first-order valence-corrected chi connectivity index (χ1v) is 7.75. The third-order valence-corrected chi connectivity index (χ3v) is 4.02. The molecule has 3 rings (SSSR count). The van der Waals surface area contributed by atoms with Crippen LogP contribution >= 0.6 is 34.8 Å². The molecule has 0 aliphatic carbocycles. The van der Waals surface area contributed by atoms with Gasteiger partial charge in [-0.3, -0.25) is 4.98 Å². The van der Waals surface area contributed by atoms with Crippen LogP contribution in [-0.4, -0.2) is 14.5 Å². The highest BCUT2D eigenvalue weighted by Gasteiger charge is 2.11. The second-order valence-electron chi connectivity index (χ2n) is 4.96. The first-order chi connectivity index (χ1) is 10.5. The van der Waals surface area contributed by atoms with Crippen LogP contribution in [0.3, 0.4) is 0 Å². The number of rotatable bonds is 3. The molecule has 22 heavy (non-hydrogen) atoms. The minimum Gasteiger partial charge on any atom is -0.326 e. The lowest BCUT2D eigenvalue weighted by Gasteiger charge is -2.10. The van der Waals surface area contributed by atoms with Gasteiger partial charge in [-0.05, 0) is 36.8 Å². The normalized spacial score (nSPS) is 10.9. The summed E-state index contributed by atoms with van der Waals surface area (Å²) < 4.78 is 2.01. The predicted octanol–water partition coefficient (Wildman–Crippen LogP) is 5.26. The Bertz CT molecular complexity index is 827. The Hall–Kier alpha value is -1.55. The second-order valence-corrected chi connectivity index (χ2v) is 6.24. The van der Waals surface area contributed by atoms with Crippen molar-refractivity contribution in [3.63, 3.8) is 0 Å². The molecular formula is C16H12Cl3N3. The van der Waals surface area contributed by atoms with E-state index < -0.39 is 0 Å². The van der Waals surface area contributed by atoms with Gasteiger partial charge in [0.2, 0.25) is 0 Å². The van der Waals surface area contributed by atoms with Crippen LogP contribution in [0.25, 0.3) is 11.4 Å². The van der Waals surface area contributed by atoms with Crippen molar-refractivity contribution in [2.24, 2.45) is 0 Å². The number of nitrogens with zero attached hydrogens (tertiary/aromatic N) is 3. The molecule has 3 nitrogen and oxygen atoms in total. The molecule has 0 spiro atoms. The van der Waals surface area contributed by atoms with Crippen LogP contribution in [0.1, 0.15) is 11.3 Å². The quantitative estimate of drug-likeness (QED) is 0.643. The van der Waals surface area contributed by atoms with Gasteiger partial charge in [-0.2, -0.15) is 0 Å². The summed E-state index contributed by atoms with van der Waals surface area (Å²) in [6, 6.07) is 7.27. The molecule has 0 fully saturated rings. The van der Waals surface area contributed by atoms with Crippen molar-refractivity contribution in [2.45, 2.75) is 13.5 Å². The minimum absolute atomic E-state index is 0.572. The van der Waals surface area contributed by atoms with E-state index in [1.54, 1.807) is 24.5 Å². The number of hydrogen-bond acceptors (Lipinski definition) is 2. The Kier molecular flexibility index (Phi) is 4.39. The van der Waals surface area contributed by atoms with E-state index in [9.17, 15) is 0 Å². The molecular weight excluding hydrogens is 341 g/mol. The number of imidazole rings is 1. The highest BCUT2D eigenvalue weighted by molar-refractivity contribution is 6.33. The molecule has 0 saturated carbocycles. The lowest BCUT2D eigenvalue weighted by molar-refractivity contribution is 0.806. The number of pyridine rings is 1. The monoisotopic (exact) mass is 351 g/mol. The van der Waals surface area contributed by atoms with Gasteiger partial charge in [-0.15, -0.1) is 0 Å². The van der Waals surface area contributed by atoms with Gasteiger partial charge in [0.1, 0.15) is 5.82 Å². The van der Waals surface area contributed by atoms with Crippen molar-refractivity contribution in [1.82, 2.24) is 14.5 Å². The summed E-state index contributed by atoms with van der Waals surface area (Å²) in [5, 5.41) is 1.90. The summed E-state index contributed by atoms with van der Waals surface area (Å²) in [4.78, 5) is 8.68. The first-order valence-electron chi connectivity index (χ1n) is 6.61. The molecule has 0 N–H and O–H groups in total. The molecule has 2 heterocycles. The third-order valence-electron chi connectivity index (χ3n) is 3.21. The number of benzene rings is 1. The van der Waals surface area contributed by atoms with E-state index >= 15 is 0 Å². The Balaban J connectivity index is 2.03. The topological polar surface area (TPSA) is 30.7 Å². The zero-order valence-electron chi connectivity index (χ0n) is 11.7. The van der Waals surface area contributed by atoms with Crippen LogP contribution in [0, 0.1) is 6.92 Å². The zero-order valence-corrected chi connectivity index (χ0v) is 14.0. The molecule has 0 radical (unpaired) electrons. The van der Waals surface area contributed by atoms with Gasteiger partial charge in [0, 0.05) is 34.2 Å². The van der Waals surface area contributed by atoms with E-state index in [-0.39, 0.29) is 0 Å². The lowest BCUT2D eigenvalue weighted by atomic mass is 10.2. The van der Waals surface area contributed by atoms with Crippen LogP contribution in [0.5, 0.6) is 0 Å². The fraction of sp³-hybridized carbons (Fsp3) is 0.125. The fourth-order valence-corrected chi connectivity index (χ4v) is 2.83. The van der Waals surface area contributed by atoms with Gasteiger partial charge in [0.15, 0.2) is 0 Å². The molecule has 6 heteroatoms. The SMILES string of the molecule is Cc1cn(Cc2cc(Cl)ccc2Cl)c(-c2cncc(Cl)c2)n1. The van der Waals surface area contributed by atoms with Crippen LogP contribution in [0.15, 0.2) is 42.9 Å². The molecule has 0 aliphatic heterocycles.